The summed E-state index contributed by atoms with van der Waals surface area (Å²) in [7, 11) is 6.00. The van der Waals surface area contributed by atoms with Crippen molar-refractivity contribution in [1.82, 2.24) is 46.9 Å². The van der Waals surface area contributed by atoms with E-state index in [1.54, 1.807) is 39.5 Å². The van der Waals surface area contributed by atoms with Crippen LogP contribution in [-0.2, 0) is 81.6 Å². The number of ether oxygens (including phenoxy) is 4. The maximum atomic E-state index is 13.8. The number of carbonyl (C=O) groups is 11. The van der Waals surface area contributed by atoms with Gasteiger partial charge in [-0.2, -0.15) is 5.26 Å². The third-order valence-corrected chi connectivity index (χ3v) is 23.6. The van der Waals surface area contributed by atoms with Gasteiger partial charge >= 0.3 is 5.97 Å². The van der Waals surface area contributed by atoms with Crippen LogP contribution in [0.5, 0.6) is 17.2 Å². The predicted octanol–water partition coefficient (Wildman–Crippen LogP) is 8.56. The fraction of sp³-hybridized carbons (Fsp3) is 0.386. The third-order valence-electron chi connectivity index (χ3n) is 23.6. The zero-order chi connectivity index (χ0) is 80.3. The number of ketones is 3. The molecule has 3 aliphatic carbocycles. The van der Waals surface area contributed by atoms with Gasteiger partial charge in [0, 0.05) is 107 Å². The van der Waals surface area contributed by atoms with Crippen molar-refractivity contribution in [3.8, 4) is 23.3 Å². The average molecular weight is 1550 g/mol. The van der Waals surface area contributed by atoms with E-state index in [0.717, 1.165) is 55.0 Å². The number of Topliss-reactive ketones (excluding diaryl/α,β-unsaturated/α-hetero) is 3. The van der Waals surface area contributed by atoms with Gasteiger partial charge in [0.05, 0.1) is 51.6 Å². The van der Waals surface area contributed by atoms with Gasteiger partial charge in [0.1, 0.15) is 35.4 Å². The Kier molecular flexibility index (Phi) is 25.1. The summed E-state index contributed by atoms with van der Waals surface area (Å²) in [6.45, 7) is 1.66. The van der Waals surface area contributed by atoms with E-state index in [2.05, 4.69) is 65.1 Å². The van der Waals surface area contributed by atoms with Crippen LogP contribution in [0.4, 0.5) is 0 Å². The second-order valence-corrected chi connectivity index (χ2v) is 30.6. The minimum absolute atomic E-state index is 0.0156. The minimum atomic E-state index is -0.991. The third kappa shape index (κ3) is 18.2. The first-order chi connectivity index (χ1) is 55.2. The number of aromatic nitrogens is 3. The van der Waals surface area contributed by atoms with Crippen molar-refractivity contribution in [1.29, 1.82) is 5.26 Å². The van der Waals surface area contributed by atoms with Gasteiger partial charge in [0.25, 0.3) is 0 Å². The van der Waals surface area contributed by atoms with Crippen LogP contribution in [0.2, 0.25) is 0 Å². The molecule has 0 unspecified atom stereocenters. The van der Waals surface area contributed by atoms with E-state index in [4.69, 9.17) is 24.7 Å². The number of benzene rings is 6. The van der Waals surface area contributed by atoms with Crippen LogP contribution < -0.4 is 51.8 Å². The molecule has 3 aromatic heterocycles. The molecule has 0 spiro atoms. The molecule has 3 fully saturated rings. The first-order valence-corrected chi connectivity index (χ1v) is 39.0. The zero-order valence-corrected chi connectivity index (χ0v) is 64.2. The molecule has 9 atom stereocenters. The summed E-state index contributed by atoms with van der Waals surface area (Å²) < 4.78 is 21.2. The highest BCUT2D eigenvalue weighted by Crippen LogP contribution is 2.40. The van der Waals surface area contributed by atoms with Gasteiger partial charge in [-0.15, -0.1) is 0 Å². The molecule has 7 amide bonds. The highest BCUT2D eigenvalue weighted by Gasteiger charge is 2.42. The van der Waals surface area contributed by atoms with Gasteiger partial charge in [-0.1, -0.05) is 91.0 Å². The van der Waals surface area contributed by atoms with E-state index in [9.17, 15) is 58.0 Å². The van der Waals surface area contributed by atoms with Crippen LogP contribution in [0, 0.1) is 64.6 Å². The number of hydrogen-bond acceptors (Lipinski definition) is 16. The minimum Gasteiger partial charge on any atom is -0.496 e. The van der Waals surface area contributed by atoms with Crippen molar-refractivity contribution >= 4 is 97.4 Å². The second kappa shape index (κ2) is 36.0. The molecule has 26 nitrogen and oxygen atoms in total. The fourth-order valence-electron chi connectivity index (χ4n) is 17.4. The normalized spacial score (nSPS) is 18.5. The predicted molar refractivity (Wildman–Crippen MR) is 424 cm³/mol. The summed E-state index contributed by atoms with van der Waals surface area (Å²) in [4.78, 5) is 152. The maximum absolute atomic E-state index is 13.8. The summed E-state index contributed by atoms with van der Waals surface area (Å²) in [5.41, 5.74) is 16.2. The monoisotopic (exact) mass is 1550 g/mol. The number of amides is 7. The van der Waals surface area contributed by atoms with Gasteiger partial charge in [0.2, 0.25) is 41.4 Å². The lowest BCUT2D eigenvalue weighted by Crippen LogP contribution is -2.49. The number of esters is 1. The van der Waals surface area contributed by atoms with E-state index in [1.165, 1.54) is 18.2 Å². The molecule has 3 saturated heterocycles. The molecular formula is C88H95N11O15. The molecule has 15 rings (SSSR count). The molecule has 3 aliphatic heterocycles. The number of nitrogens with zero attached hydrogens (tertiary/aromatic N) is 1. The topological polar surface area (TPSA) is 394 Å². The van der Waals surface area contributed by atoms with Crippen LogP contribution in [-0.4, -0.2) is 146 Å². The Morgan fingerprint density at radius 1 is 0.430 bits per heavy atom. The number of methoxy groups -OCH3 is 4. The molecular weight excluding hydrogens is 1450 g/mol. The number of hydrogen-bond donors (Lipinski definition) is 10. The van der Waals surface area contributed by atoms with Gasteiger partial charge in [-0.25, -0.2) is 4.79 Å². The van der Waals surface area contributed by atoms with Gasteiger partial charge in [-0.3, -0.25) is 47.9 Å². The van der Waals surface area contributed by atoms with E-state index in [0.29, 0.717) is 112 Å². The summed E-state index contributed by atoms with van der Waals surface area (Å²) in [5.74, 6) is -4.66. The number of aromatic amines is 3. The van der Waals surface area contributed by atoms with Crippen LogP contribution in [0.15, 0.2) is 146 Å². The van der Waals surface area contributed by atoms with Gasteiger partial charge in [0.15, 0.2) is 17.3 Å². The lowest BCUT2D eigenvalue weighted by molar-refractivity contribution is -0.146. The molecule has 114 heavy (non-hydrogen) atoms. The van der Waals surface area contributed by atoms with E-state index < -0.39 is 53.7 Å². The maximum Gasteiger partial charge on any atom is 0.328 e. The number of nitrogens with two attached hydrogens (primary N) is 1. The Hall–Kier alpha value is -12.4. The van der Waals surface area contributed by atoms with Crippen molar-refractivity contribution in [2.45, 2.75) is 114 Å². The van der Waals surface area contributed by atoms with Crippen molar-refractivity contribution in [2.24, 2.45) is 59.0 Å². The molecule has 0 saturated carbocycles. The Morgan fingerprint density at radius 2 is 0.737 bits per heavy atom. The Balaban J connectivity index is 0.000000149. The van der Waals surface area contributed by atoms with E-state index >= 15 is 0 Å². The number of H-pyrrole nitrogens is 3. The summed E-state index contributed by atoms with van der Waals surface area (Å²) in [6, 6.07) is 45.4. The van der Waals surface area contributed by atoms with Crippen molar-refractivity contribution in [3.63, 3.8) is 0 Å². The number of nitrogens with one attached hydrogen (secondary N) is 9. The number of fused-ring (bicyclic) bond motifs is 6. The molecule has 0 bridgehead atoms. The Morgan fingerprint density at radius 3 is 1.03 bits per heavy atom. The molecule has 11 N–H and O–H groups in total. The number of carbonyl (C=O) groups excluding carboxylic acids is 11. The first kappa shape index (κ1) is 79.7. The summed E-state index contributed by atoms with van der Waals surface area (Å²) >= 11 is 0. The number of nitriles is 1. The van der Waals surface area contributed by atoms with Crippen LogP contribution in [0.1, 0.15) is 123 Å². The summed E-state index contributed by atoms with van der Waals surface area (Å²) in [6.07, 6.45) is 6.38. The van der Waals surface area contributed by atoms with Crippen molar-refractivity contribution in [3.05, 3.63) is 196 Å². The Bertz CT molecular complexity index is 5130. The van der Waals surface area contributed by atoms with E-state index in [1.807, 2.05) is 115 Å². The van der Waals surface area contributed by atoms with Gasteiger partial charge in [-0.05, 0) is 183 Å². The summed E-state index contributed by atoms with van der Waals surface area (Å²) in [5, 5.41) is 28.9. The number of primary amides is 1. The first-order valence-electron chi connectivity index (χ1n) is 39.0. The van der Waals surface area contributed by atoms with Crippen LogP contribution >= 0.6 is 0 Å². The molecule has 26 heteroatoms. The molecule has 592 valence electrons. The van der Waals surface area contributed by atoms with Crippen LogP contribution in [0.25, 0.3) is 32.7 Å². The molecule has 6 aliphatic rings. The zero-order valence-electron chi connectivity index (χ0n) is 64.2. The van der Waals surface area contributed by atoms with E-state index in [-0.39, 0.29) is 121 Å². The quantitative estimate of drug-likeness (QED) is 0.0155. The standard InChI is InChI=1S/C30H33N3O6.C29H32N4O5.C29H30N4O4/c1-38-27-9-5-8-23-22(27)15-24(32-23)26(34)16-21(20-12-17-6-3-4-7-18(17)13-20)29(36)33-25(30(37)39-2)14-19-10-11-31-28(19)35;1-38-26-8-4-7-22-21(26)14-23(32-22)25(34)15-20(19-11-16-5-2-3-6-17(16)12-19)29(37)33-24(27(30)35)13-18-9-10-31-28(18)36;1-37-27-8-4-7-24-23(27)14-25(33-24)26(34)15-22(20-11-17-5-2-3-6-18(17)12-20)29(36)32-21(16-30)13-19-9-10-31-28(19)35/h3-9,15,19-21,25,32H,10-14,16H2,1-2H3,(H,31,35)(H,33,36);2-8,14,18-20,24,32H,9-13,15H2,1H3,(H2,30,35)(H,31,36)(H,33,37);2-8,14,19-22,33H,9-13,15H2,1H3,(H,31,35)(H,32,36)/t19-,21-,25-;18-,20-,24-;19-,21-,22-/m000/s1. The molecule has 6 heterocycles. The average Bonchev–Trinajstić information content (AvgIpc) is 1.66. The highest BCUT2D eigenvalue weighted by atomic mass is 16.5. The van der Waals surface area contributed by atoms with Gasteiger partial charge < -0.3 is 71.5 Å². The molecule has 6 aromatic carbocycles. The SMILES string of the molecule is COC(=O)[C@H](C[C@@H]1CCNC1=O)NC(=O)[C@@H](CC(=O)c1cc2c(OC)cccc2[nH]1)C1Cc2ccccc2C1.COc1cccc2[nH]c(C(=O)C[C@H](C(=O)N[C@@H](C[C@@H]3CCNC3=O)C(N)=O)C3Cc4ccccc4C3)cc12.COc1cccc2[nH]c(C(=O)C[C@H](C(=O)N[C@H](C#N)C[C@@H]3CCNC3=O)C3Cc4ccccc4C3)cc12. The largest absolute Gasteiger partial charge is 0.496 e. The number of rotatable bonds is 29. The van der Waals surface area contributed by atoms with Crippen molar-refractivity contribution < 1.29 is 71.7 Å². The Labute approximate surface area is 658 Å². The smallest absolute Gasteiger partial charge is 0.328 e. The van der Waals surface area contributed by atoms with Crippen molar-refractivity contribution in [2.75, 3.05) is 48.1 Å². The lowest BCUT2D eigenvalue weighted by Gasteiger charge is -2.25. The molecule has 0 radical (unpaired) electrons. The van der Waals surface area contributed by atoms with Crippen LogP contribution in [0.3, 0.4) is 0 Å². The fourth-order valence-corrected chi connectivity index (χ4v) is 17.4. The second-order valence-electron chi connectivity index (χ2n) is 30.6. The highest BCUT2D eigenvalue weighted by molar-refractivity contribution is 6.05. The lowest BCUT2D eigenvalue weighted by atomic mass is 9.84. The molecule has 9 aromatic rings.